The molecule has 0 saturated carbocycles. The molecular formula is C17H21ClN4O. The molecule has 0 aliphatic heterocycles. The summed E-state index contributed by atoms with van der Waals surface area (Å²) in [7, 11) is 0. The number of rotatable bonds is 7. The predicted molar refractivity (Wildman–Crippen MR) is 93.4 cm³/mol. The van der Waals surface area contributed by atoms with Crippen LogP contribution in [0.15, 0.2) is 30.3 Å². The van der Waals surface area contributed by atoms with Gasteiger partial charge in [-0.2, -0.15) is 0 Å². The Bertz CT molecular complexity index is 675. The van der Waals surface area contributed by atoms with E-state index in [1.807, 2.05) is 12.1 Å². The van der Waals surface area contributed by atoms with Crippen molar-refractivity contribution in [1.29, 1.82) is 0 Å². The average Bonchev–Trinajstić information content (AvgIpc) is 2.51. The molecule has 0 aliphatic rings. The number of nitrogens with zero attached hydrogens (tertiary/aromatic N) is 2. The zero-order valence-corrected chi connectivity index (χ0v) is 14.2. The molecular weight excluding hydrogens is 312 g/mol. The molecule has 0 aliphatic carbocycles. The van der Waals surface area contributed by atoms with Gasteiger partial charge in [0.2, 0.25) is 0 Å². The molecule has 5 nitrogen and oxygen atoms in total. The highest BCUT2D eigenvalue weighted by molar-refractivity contribution is 6.30. The van der Waals surface area contributed by atoms with Crippen LogP contribution in [0.25, 0.3) is 0 Å². The summed E-state index contributed by atoms with van der Waals surface area (Å²) in [5.74, 6) is 0.926. The van der Waals surface area contributed by atoms with Crippen molar-refractivity contribution in [2.75, 3.05) is 11.9 Å². The van der Waals surface area contributed by atoms with Crippen LogP contribution in [0.4, 0.5) is 11.5 Å². The fraction of sp³-hybridized carbons (Fsp3) is 0.353. The number of carbonyl (C=O) groups is 1. The second-order valence-corrected chi connectivity index (χ2v) is 5.72. The molecule has 0 bridgehead atoms. The van der Waals surface area contributed by atoms with E-state index in [4.69, 9.17) is 11.6 Å². The summed E-state index contributed by atoms with van der Waals surface area (Å²) in [5, 5.41) is 6.66. The third-order valence-electron chi connectivity index (χ3n) is 3.23. The smallest absolute Gasteiger partial charge is 0.270 e. The van der Waals surface area contributed by atoms with Crippen LogP contribution < -0.4 is 10.6 Å². The summed E-state index contributed by atoms with van der Waals surface area (Å²) < 4.78 is 0. The lowest BCUT2D eigenvalue weighted by atomic mass is 10.2. The number of amides is 1. The van der Waals surface area contributed by atoms with Crippen LogP contribution >= 0.6 is 11.6 Å². The summed E-state index contributed by atoms with van der Waals surface area (Å²) in [4.78, 5) is 20.7. The minimum absolute atomic E-state index is 0.180. The molecule has 1 aromatic heterocycles. The van der Waals surface area contributed by atoms with Gasteiger partial charge in [0, 0.05) is 23.3 Å². The number of benzene rings is 1. The van der Waals surface area contributed by atoms with Gasteiger partial charge in [0.25, 0.3) is 5.91 Å². The lowest BCUT2D eigenvalue weighted by Gasteiger charge is -2.09. The van der Waals surface area contributed by atoms with Crippen molar-refractivity contribution in [3.8, 4) is 0 Å². The Balaban J connectivity index is 2.07. The van der Waals surface area contributed by atoms with E-state index < -0.39 is 0 Å². The second-order valence-electron chi connectivity index (χ2n) is 5.28. The highest BCUT2D eigenvalue weighted by Crippen LogP contribution is 2.19. The van der Waals surface area contributed by atoms with Gasteiger partial charge in [0.15, 0.2) is 0 Å². The van der Waals surface area contributed by atoms with Gasteiger partial charge >= 0.3 is 0 Å². The summed E-state index contributed by atoms with van der Waals surface area (Å²) in [5.41, 5.74) is 1.17. The van der Waals surface area contributed by atoms with Crippen LogP contribution in [0.1, 0.15) is 42.5 Å². The van der Waals surface area contributed by atoms with Crippen molar-refractivity contribution in [2.45, 2.75) is 33.1 Å². The molecule has 1 aromatic carbocycles. The number of carbonyl (C=O) groups excluding carboxylic acids is 1. The molecule has 2 N–H and O–H groups in total. The third-order valence-corrected chi connectivity index (χ3v) is 3.47. The van der Waals surface area contributed by atoms with Crippen molar-refractivity contribution in [2.24, 2.45) is 0 Å². The number of nitrogens with one attached hydrogen (secondary N) is 2. The minimum atomic E-state index is -0.180. The van der Waals surface area contributed by atoms with Gasteiger partial charge in [0.05, 0.1) is 0 Å². The van der Waals surface area contributed by atoms with E-state index in [1.54, 1.807) is 25.1 Å². The van der Waals surface area contributed by atoms with E-state index in [-0.39, 0.29) is 5.91 Å². The van der Waals surface area contributed by atoms with Crippen LogP contribution in [0.5, 0.6) is 0 Å². The molecule has 0 fully saturated rings. The number of hydrogen-bond donors (Lipinski definition) is 2. The maximum atomic E-state index is 12.2. The number of unbranched alkanes of at least 4 members (excludes halogenated alkanes) is 2. The van der Waals surface area contributed by atoms with Crippen LogP contribution in [-0.2, 0) is 0 Å². The molecule has 0 radical (unpaired) electrons. The van der Waals surface area contributed by atoms with Gasteiger partial charge in [-0.3, -0.25) is 4.79 Å². The highest BCUT2D eigenvalue weighted by atomic mass is 35.5. The number of aryl methyl sites for hydroxylation is 1. The average molecular weight is 333 g/mol. The van der Waals surface area contributed by atoms with Gasteiger partial charge in [0.1, 0.15) is 17.3 Å². The monoisotopic (exact) mass is 332 g/mol. The van der Waals surface area contributed by atoms with E-state index in [2.05, 4.69) is 27.5 Å². The minimum Gasteiger partial charge on any atom is -0.351 e. The van der Waals surface area contributed by atoms with Crippen LogP contribution in [-0.4, -0.2) is 22.4 Å². The summed E-state index contributed by atoms with van der Waals surface area (Å²) in [6, 6.07) is 8.97. The lowest BCUT2D eigenvalue weighted by Crippen LogP contribution is -2.25. The van der Waals surface area contributed by atoms with E-state index >= 15 is 0 Å². The largest absolute Gasteiger partial charge is 0.351 e. The molecule has 23 heavy (non-hydrogen) atoms. The van der Waals surface area contributed by atoms with Gasteiger partial charge in [-0.15, -0.1) is 0 Å². The lowest BCUT2D eigenvalue weighted by molar-refractivity contribution is 0.0947. The molecule has 0 unspecified atom stereocenters. The van der Waals surface area contributed by atoms with Crippen molar-refractivity contribution in [1.82, 2.24) is 15.3 Å². The summed E-state index contributed by atoms with van der Waals surface area (Å²) in [6.07, 6.45) is 3.20. The quantitative estimate of drug-likeness (QED) is 0.749. The van der Waals surface area contributed by atoms with Gasteiger partial charge in [-0.25, -0.2) is 9.97 Å². The molecule has 1 heterocycles. The van der Waals surface area contributed by atoms with Crippen LogP contribution in [0, 0.1) is 6.92 Å². The molecule has 2 aromatic rings. The molecule has 0 saturated heterocycles. The second kappa shape index (κ2) is 8.48. The Morgan fingerprint density at radius 2 is 2.04 bits per heavy atom. The number of aromatic nitrogens is 2. The first-order chi connectivity index (χ1) is 11.1. The van der Waals surface area contributed by atoms with E-state index in [9.17, 15) is 4.79 Å². The third kappa shape index (κ3) is 5.53. The topological polar surface area (TPSA) is 66.9 Å². The van der Waals surface area contributed by atoms with Crippen LogP contribution in [0.3, 0.4) is 0 Å². The summed E-state index contributed by atoms with van der Waals surface area (Å²) in [6.45, 7) is 4.55. The number of hydrogen-bond acceptors (Lipinski definition) is 4. The standard InChI is InChI=1S/C17H21ClN4O/c1-3-4-5-9-19-17(23)15-11-16(21-12(2)20-15)22-14-8-6-7-13(18)10-14/h6-8,10-11H,3-5,9H2,1-2H3,(H,19,23)(H,20,21,22). The van der Waals surface area contributed by atoms with Gasteiger partial charge < -0.3 is 10.6 Å². The fourth-order valence-corrected chi connectivity index (χ4v) is 2.32. The molecule has 0 atom stereocenters. The highest BCUT2D eigenvalue weighted by Gasteiger charge is 2.10. The van der Waals surface area contributed by atoms with Crippen molar-refractivity contribution < 1.29 is 4.79 Å². The summed E-state index contributed by atoms with van der Waals surface area (Å²) >= 11 is 5.97. The molecule has 0 spiro atoms. The van der Waals surface area contributed by atoms with Gasteiger partial charge in [-0.1, -0.05) is 37.4 Å². The molecule has 6 heteroatoms. The normalized spacial score (nSPS) is 10.4. The first-order valence-corrected chi connectivity index (χ1v) is 8.12. The van der Waals surface area contributed by atoms with E-state index in [1.165, 1.54) is 0 Å². The van der Waals surface area contributed by atoms with E-state index in [0.29, 0.717) is 28.9 Å². The number of anilines is 2. The van der Waals surface area contributed by atoms with Crippen molar-refractivity contribution in [3.63, 3.8) is 0 Å². The van der Waals surface area contributed by atoms with E-state index in [0.717, 1.165) is 24.9 Å². The Labute approximate surface area is 141 Å². The first kappa shape index (κ1) is 17.2. The van der Waals surface area contributed by atoms with Gasteiger partial charge in [-0.05, 0) is 31.5 Å². The molecule has 1 amide bonds. The first-order valence-electron chi connectivity index (χ1n) is 7.75. The zero-order valence-electron chi connectivity index (χ0n) is 13.4. The maximum absolute atomic E-state index is 12.2. The Kier molecular flexibility index (Phi) is 6.35. The predicted octanol–water partition coefficient (Wildman–Crippen LogP) is 4.10. The van der Waals surface area contributed by atoms with Crippen molar-refractivity contribution >= 4 is 29.0 Å². The van der Waals surface area contributed by atoms with Crippen molar-refractivity contribution in [3.05, 3.63) is 46.9 Å². The molecule has 122 valence electrons. The Morgan fingerprint density at radius 1 is 1.22 bits per heavy atom. The SMILES string of the molecule is CCCCCNC(=O)c1cc(Nc2cccc(Cl)c2)nc(C)n1. The maximum Gasteiger partial charge on any atom is 0.270 e. The molecule has 2 rings (SSSR count). The zero-order chi connectivity index (χ0) is 16.7. The fourth-order valence-electron chi connectivity index (χ4n) is 2.13. The Hall–Kier alpha value is -2.14. The van der Waals surface area contributed by atoms with Crippen LogP contribution in [0.2, 0.25) is 5.02 Å². The Morgan fingerprint density at radius 3 is 2.78 bits per heavy atom. The number of halogens is 1.